The van der Waals surface area contributed by atoms with Crippen LogP contribution in [0.3, 0.4) is 0 Å². The molecule has 1 aromatic carbocycles. The number of aliphatic hydroxyl groups excluding tert-OH is 3. The topological polar surface area (TPSA) is 171 Å². The van der Waals surface area contributed by atoms with Crippen LogP contribution in [0.4, 0.5) is 0 Å². The molecule has 12 heteroatoms. The fourth-order valence-electron chi connectivity index (χ4n) is 7.19. The number of phenolic OH excluding ortho intramolecular Hbond substituents is 1. The number of piperidine rings is 1. The molecule has 0 radical (unpaired) electrons. The number of ether oxygens (including phenoxy) is 3. The van der Waals surface area contributed by atoms with Crippen molar-refractivity contribution in [2.24, 2.45) is 5.92 Å². The molecule has 1 aromatic heterocycles. The number of phenols is 1. The lowest BCUT2D eigenvalue weighted by atomic mass is 9.52. The van der Waals surface area contributed by atoms with E-state index in [-0.39, 0.29) is 29.5 Å². The Kier molecular flexibility index (Phi) is 4.91. The van der Waals surface area contributed by atoms with Crippen molar-refractivity contribution in [3.63, 3.8) is 0 Å². The molecule has 5 N–H and O–H groups in total. The van der Waals surface area contributed by atoms with Crippen molar-refractivity contribution in [3.05, 3.63) is 47.2 Å². The van der Waals surface area contributed by atoms with Crippen LogP contribution in [0.5, 0.6) is 11.5 Å². The van der Waals surface area contributed by atoms with Gasteiger partial charge in [-0.15, -0.1) is 10.2 Å². The highest BCUT2D eigenvalue weighted by Gasteiger charge is 2.69. The predicted molar refractivity (Wildman–Crippen MR) is 122 cm³/mol. The van der Waals surface area contributed by atoms with Crippen molar-refractivity contribution < 1.29 is 44.2 Å². The number of benzene rings is 1. The highest BCUT2D eigenvalue weighted by Crippen LogP contribution is 2.64. The van der Waals surface area contributed by atoms with Gasteiger partial charge in [-0.05, 0) is 44.1 Å². The quantitative estimate of drug-likeness (QED) is 0.260. The summed E-state index contributed by atoms with van der Waals surface area (Å²) in [5, 5.41) is 62.6. The Hall–Kier alpha value is -2.58. The fourth-order valence-corrected chi connectivity index (χ4v) is 7.19. The summed E-state index contributed by atoms with van der Waals surface area (Å²) in [6, 6.07) is 3.67. The first-order valence-corrected chi connectivity index (χ1v) is 12.5. The number of hydrogen-bond acceptors (Lipinski definition) is 12. The number of likely N-dealkylation sites (tertiary alicyclic amines) is 1. The minimum atomic E-state index is -2.11. The molecule has 10 atom stereocenters. The van der Waals surface area contributed by atoms with E-state index < -0.39 is 48.0 Å². The zero-order valence-corrected chi connectivity index (χ0v) is 20.3. The van der Waals surface area contributed by atoms with Gasteiger partial charge in [-0.1, -0.05) is 12.1 Å². The zero-order valence-electron chi connectivity index (χ0n) is 20.3. The summed E-state index contributed by atoms with van der Waals surface area (Å²) >= 11 is 0. The molecule has 2 saturated heterocycles. The van der Waals surface area contributed by atoms with Crippen molar-refractivity contribution in [2.75, 3.05) is 13.6 Å². The van der Waals surface area contributed by atoms with Gasteiger partial charge in [-0.3, -0.25) is 0 Å². The van der Waals surface area contributed by atoms with Crippen LogP contribution in [-0.2, 0) is 21.3 Å². The van der Waals surface area contributed by atoms with Gasteiger partial charge in [0.15, 0.2) is 30.0 Å². The molecule has 0 amide bonds. The van der Waals surface area contributed by atoms with Crippen LogP contribution in [0.1, 0.15) is 35.4 Å². The molecule has 0 saturated carbocycles. The van der Waals surface area contributed by atoms with Gasteiger partial charge in [-0.25, -0.2) is 0 Å². The van der Waals surface area contributed by atoms with E-state index in [0.717, 1.165) is 24.1 Å². The Morgan fingerprint density at radius 3 is 2.73 bits per heavy atom. The molecule has 2 aromatic rings. The summed E-state index contributed by atoms with van der Waals surface area (Å²) in [6.07, 6.45) is -3.98. The first-order chi connectivity index (χ1) is 17.6. The largest absolute Gasteiger partial charge is 0.504 e. The average molecular weight is 516 g/mol. The number of aromatic nitrogens is 2. The number of aliphatic hydroxyl groups is 4. The highest BCUT2D eigenvalue weighted by molar-refractivity contribution is 5.62. The van der Waals surface area contributed by atoms with Crippen molar-refractivity contribution >= 4 is 0 Å². The lowest BCUT2D eigenvalue weighted by molar-refractivity contribution is -0.352. The number of rotatable bonds is 3. The Labute approximate surface area is 211 Å². The summed E-state index contributed by atoms with van der Waals surface area (Å²) in [7, 11) is 2.08. The predicted octanol–water partition coefficient (Wildman–Crippen LogP) is -0.586. The molecule has 7 rings (SSSR count). The lowest BCUT2D eigenvalue weighted by Gasteiger charge is -2.58. The second-order valence-corrected chi connectivity index (χ2v) is 10.8. The van der Waals surface area contributed by atoms with Crippen LogP contribution in [0.25, 0.3) is 0 Å². The molecule has 12 nitrogen and oxygen atoms in total. The van der Waals surface area contributed by atoms with Crippen LogP contribution in [0, 0.1) is 12.8 Å². The van der Waals surface area contributed by atoms with E-state index in [1.54, 1.807) is 13.0 Å². The van der Waals surface area contributed by atoms with Crippen LogP contribution in [0.15, 0.2) is 28.7 Å². The monoisotopic (exact) mass is 515 g/mol. The van der Waals surface area contributed by atoms with Gasteiger partial charge in [0.25, 0.3) is 0 Å². The highest BCUT2D eigenvalue weighted by atomic mass is 16.7. The summed E-state index contributed by atoms with van der Waals surface area (Å²) in [6.45, 7) is 2.31. The number of likely N-dealkylation sites (N-methyl/N-ethyl adjacent to an activating group) is 1. The smallest absolute Gasteiger partial charge is 0.248 e. The van der Waals surface area contributed by atoms with Crippen LogP contribution in [-0.4, -0.2) is 96.8 Å². The van der Waals surface area contributed by atoms with Gasteiger partial charge in [0.05, 0.1) is 5.41 Å². The normalized spacial score (nSPS) is 43.9. The van der Waals surface area contributed by atoms with Crippen molar-refractivity contribution in [3.8, 4) is 11.5 Å². The van der Waals surface area contributed by atoms with Crippen molar-refractivity contribution in [1.29, 1.82) is 0 Å². The summed E-state index contributed by atoms with van der Waals surface area (Å²) < 4.78 is 23.1. The Balaban J connectivity index is 1.25. The van der Waals surface area contributed by atoms with Crippen molar-refractivity contribution in [2.45, 2.75) is 73.8 Å². The number of nitrogens with zero attached hydrogens (tertiary/aromatic N) is 3. The van der Waals surface area contributed by atoms with Gasteiger partial charge in [0, 0.05) is 24.4 Å². The first kappa shape index (κ1) is 23.5. The fraction of sp³-hybridized carbons (Fsp3) is 0.600. The third-order valence-electron chi connectivity index (χ3n) is 8.87. The van der Waals surface area contributed by atoms with E-state index in [4.69, 9.17) is 18.6 Å². The lowest BCUT2D eigenvalue weighted by Crippen LogP contribution is -2.70. The molecule has 37 heavy (non-hydrogen) atoms. The Morgan fingerprint density at radius 1 is 1.16 bits per heavy atom. The second-order valence-electron chi connectivity index (χ2n) is 10.8. The van der Waals surface area contributed by atoms with Gasteiger partial charge in [-0.2, -0.15) is 0 Å². The van der Waals surface area contributed by atoms with Crippen LogP contribution >= 0.6 is 0 Å². The molecule has 5 aliphatic rings. The van der Waals surface area contributed by atoms with E-state index >= 15 is 0 Å². The maximum absolute atomic E-state index is 11.9. The standard InChI is InChI=1S/C25H29N3O9/c1-10-26-27-21(34-10)19-16(30)17(31)20(22(32)35-19)37-25(33)6-5-12-13-9-11-3-4-14(29)18-15(11)24(12,23(25)36-18)7-8-28(13)2/h3-6,12-13,16-17,19-20,22-23,29-33H,7-9H2,1-2H3/t12-,13+,16-,17-,19?,20+,22+,23+,24-,25+/m0/s1. The minimum Gasteiger partial charge on any atom is -0.504 e. The van der Waals surface area contributed by atoms with E-state index in [9.17, 15) is 25.5 Å². The van der Waals surface area contributed by atoms with E-state index in [0.29, 0.717) is 12.2 Å². The molecule has 198 valence electrons. The Bertz CT molecular complexity index is 1280. The number of aryl methyl sites for hydroxylation is 1. The van der Waals surface area contributed by atoms with Gasteiger partial charge < -0.3 is 49.1 Å². The third kappa shape index (κ3) is 3.03. The van der Waals surface area contributed by atoms with Gasteiger partial charge in [0.1, 0.15) is 18.3 Å². The number of aromatic hydroxyl groups is 1. The van der Waals surface area contributed by atoms with E-state index in [1.807, 2.05) is 12.1 Å². The summed E-state index contributed by atoms with van der Waals surface area (Å²) in [4.78, 5) is 2.30. The van der Waals surface area contributed by atoms with Crippen LogP contribution in [0.2, 0.25) is 0 Å². The first-order valence-electron chi connectivity index (χ1n) is 12.5. The molecule has 4 heterocycles. The molecule has 3 aliphatic heterocycles. The summed E-state index contributed by atoms with van der Waals surface area (Å²) in [5.74, 6) is -1.68. The van der Waals surface area contributed by atoms with Gasteiger partial charge >= 0.3 is 0 Å². The molecule has 2 bridgehead atoms. The number of hydrogen-bond donors (Lipinski definition) is 5. The molecule has 1 spiro atoms. The zero-order chi connectivity index (χ0) is 25.9. The maximum atomic E-state index is 11.9. The molecule has 1 unspecified atom stereocenters. The second kappa shape index (κ2) is 7.73. The molecular weight excluding hydrogens is 486 g/mol. The minimum absolute atomic E-state index is 0.0103. The SMILES string of the molecule is Cc1nnc(C2O[C@@H](O)[C@H](O[C@]3(O)C=C[C@H]4[C@H]5Cc6ccc(O)c7c6[C@@]4(CCN5C)[C@H]3O7)[C@@H](O)[C@@H]2O)o1. The molecular formula is C25H29N3O9. The van der Waals surface area contributed by atoms with E-state index in [1.165, 1.54) is 6.08 Å². The van der Waals surface area contributed by atoms with Crippen molar-refractivity contribution in [1.82, 2.24) is 15.1 Å². The van der Waals surface area contributed by atoms with Crippen LogP contribution < -0.4 is 4.74 Å². The third-order valence-corrected chi connectivity index (χ3v) is 8.87. The average Bonchev–Trinajstić information content (AvgIpc) is 3.46. The van der Waals surface area contributed by atoms with E-state index in [2.05, 4.69) is 22.1 Å². The summed E-state index contributed by atoms with van der Waals surface area (Å²) in [5.41, 5.74) is 1.25. The molecule has 2 fully saturated rings. The Morgan fingerprint density at radius 2 is 1.97 bits per heavy atom. The maximum Gasteiger partial charge on any atom is 0.248 e. The van der Waals surface area contributed by atoms with Gasteiger partial charge in [0.2, 0.25) is 17.6 Å². The molecule has 2 aliphatic carbocycles.